The minimum absolute atomic E-state index is 0.0370. The van der Waals surface area contributed by atoms with Gasteiger partial charge in [-0.2, -0.15) is 0 Å². The van der Waals surface area contributed by atoms with E-state index in [1.165, 1.54) is 19.1 Å². The molecule has 0 aliphatic carbocycles. The molecular weight excluding hydrogens is 390 g/mol. The van der Waals surface area contributed by atoms with Gasteiger partial charge in [-0.1, -0.05) is 12.1 Å². The van der Waals surface area contributed by atoms with E-state index in [0.29, 0.717) is 41.4 Å². The molecule has 4 rings (SSSR count). The average Bonchev–Trinajstić information content (AvgIpc) is 3.01. The number of carbonyl (C=O) groups excluding carboxylic acids is 3. The van der Waals surface area contributed by atoms with Crippen molar-refractivity contribution < 1.29 is 33.7 Å². The highest BCUT2D eigenvalue weighted by molar-refractivity contribution is 6.46. The molecule has 8 nitrogen and oxygen atoms in total. The second-order valence-electron chi connectivity index (χ2n) is 6.88. The summed E-state index contributed by atoms with van der Waals surface area (Å²) in [7, 11) is 2.77. The van der Waals surface area contributed by atoms with Crippen LogP contribution in [0.15, 0.2) is 48.0 Å². The van der Waals surface area contributed by atoms with Crippen LogP contribution in [0.4, 0.5) is 0 Å². The van der Waals surface area contributed by atoms with Crippen LogP contribution in [-0.2, 0) is 14.3 Å². The molecule has 8 heteroatoms. The van der Waals surface area contributed by atoms with E-state index in [1.807, 2.05) is 0 Å². The summed E-state index contributed by atoms with van der Waals surface area (Å²) in [6.07, 6.45) is 0. The van der Waals surface area contributed by atoms with Gasteiger partial charge in [-0.3, -0.25) is 9.59 Å². The van der Waals surface area contributed by atoms with Gasteiger partial charge in [0.2, 0.25) is 0 Å². The van der Waals surface area contributed by atoms with Crippen molar-refractivity contribution in [2.24, 2.45) is 0 Å². The van der Waals surface area contributed by atoms with Gasteiger partial charge in [0.15, 0.2) is 11.5 Å². The molecular formula is C22H19NO7. The average molecular weight is 409 g/mol. The number of ketones is 1. The van der Waals surface area contributed by atoms with Crippen LogP contribution in [0.25, 0.3) is 5.76 Å². The highest BCUT2D eigenvalue weighted by atomic mass is 16.6. The summed E-state index contributed by atoms with van der Waals surface area (Å²) < 4.78 is 15.7. The SMILES string of the molecule is COC(=O)c1ccc(C2/C(=C(\O)c3ccc4c(c3)OCCO4)C(=O)C(=O)N2C)cc1. The molecule has 30 heavy (non-hydrogen) atoms. The zero-order valence-corrected chi connectivity index (χ0v) is 16.4. The Kier molecular flexibility index (Phi) is 4.91. The number of rotatable bonds is 3. The van der Waals surface area contributed by atoms with E-state index >= 15 is 0 Å². The van der Waals surface area contributed by atoms with E-state index < -0.39 is 23.7 Å². The Balaban J connectivity index is 1.78. The Morgan fingerprint density at radius 3 is 2.33 bits per heavy atom. The Labute approximate surface area is 172 Å². The summed E-state index contributed by atoms with van der Waals surface area (Å²) in [6.45, 7) is 0.809. The monoisotopic (exact) mass is 409 g/mol. The fourth-order valence-corrected chi connectivity index (χ4v) is 3.60. The second-order valence-corrected chi connectivity index (χ2v) is 6.88. The molecule has 1 fully saturated rings. The number of amides is 1. The fraction of sp³-hybridized carbons (Fsp3) is 0.227. The molecule has 2 aliphatic rings. The molecule has 154 valence electrons. The number of Topliss-reactive ketones (excluding diaryl/α,β-unsaturated/α-hetero) is 1. The number of esters is 1. The van der Waals surface area contributed by atoms with Crippen LogP contribution in [0.3, 0.4) is 0 Å². The number of likely N-dealkylation sites (tertiary alicyclic amines) is 1. The minimum atomic E-state index is -0.801. The molecule has 1 atom stereocenters. The Hall–Kier alpha value is -3.81. The quantitative estimate of drug-likeness (QED) is 0.359. The number of benzene rings is 2. The van der Waals surface area contributed by atoms with E-state index in [2.05, 4.69) is 0 Å². The normalized spacial score (nSPS) is 19.7. The highest BCUT2D eigenvalue weighted by Crippen LogP contribution is 2.40. The molecule has 0 spiro atoms. The maximum atomic E-state index is 12.7. The number of methoxy groups -OCH3 is 1. The van der Waals surface area contributed by atoms with Crippen LogP contribution in [0.1, 0.15) is 27.5 Å². The Bertz CT molecular complexity index is 1070. The van der Waals surface area contributed by atoms with E-state index in [-0.39, 0.29) is 11.3 Å². The maximum absolute atomic E-state index is 12.7. The largest absolute Gasteiger partial charge is 0.507 e. The third-order valence-corrected chi connectivity index (χ3v) is 5.14. The Morgan fingerprint density at radius 2 is 1.67 bits per heavy atom. The van der Waals surface area contributed by atoms with E-state index in [9.17, 15) is 19.5 Å². The number of aliphatic hydroxyl groups excluding tert-OH is 1. The lowest BCUT2D eigenvalue weighted by Gasteiger charge is -2.22. The summed E-state index contributed by atoms with van der Waals surface area (Å²) in [5, 5.41) is 10.9. The van der Waals surface area contributed by atoms with Crippen LogP contribution in [0.2, 0.25) is 0 Å². The number of fused-ring (bicyclic) bond motifs is 1. The first-order valence-corrected chi connectivity index (χ1v) is 9.25. The molecule has 2 aromatic rings. The van der Waals surface area contributed by atoms with Gasteiger partial charge in [-0.05, 0) is 35.9 Å². The van der Waals surface area contributed by atoms with Crippen LogP contribution in [0.5, 0.6) is 11.5 Å². The molecule has 2 aromatic carbocycles. The fourth-order valence-electron chi connectivity index (χ4n) is 3.60. The van der Waals surface area contributed by atoms with Crippen LogP contribution >= 0.6 is 0 Å². The van der Waals surface area contributed by atoms with E-state index in [4.69, 9.17) is 14.2 Å². The lowest BCUT2D eigenvalue weighted by molar-refractivity contribution is -0.139. The zero-order valence-electron chi connectivity index (χ0n) is 16.4. The molecule has 2 aliphatic heterocycles. The first-order chi connectivity index (χ1) is 14.4. The number of likely N-dealkylation sites (N-methyl/N-ethyl adjacent to an activating group) is 1. The molecule has 0 aromatic heterocycles. The first kappa shape index (κ1) is 19.5. The van der Waals surface area contributed by atoms with Crippen molar-refractivity contribution in [2.45, 2.75) is 6.04 Å². The predicted molar refractivity (Wildman–Crippen MR) is 105 cm³/mol. The highest BCUT2D eigenvalue weighted by Gasteiger charge is 2.44. The van der Waals surface area contributed by atoms with Crippen LogP contribution in [-0.4, -0.2) is 55.0 Å². The number of ether oxygens (including phenoxy) is 3. The van der Waals surface area contributed by atoms with Gasteiger partial charge in [0.05, 0.1) is 24.3 Å². The number of hydrogen-bond acceptors (Lipinski definition) is 7. The van der Waals surface area contributed by atoms with Gasteiger partial charge in [-0.25, -0.2) is 4.79 Å². The summed E-state index contributed by atoms with van der Waals surface area (Å²) in [6, 6.07) is 10.3. The minimum Gasteiger partial charge on any atom is -0.507 e. The molecule has 0 bridgehead atoms. The van der Waals surface area contributed by atoms with Gasteiger partial charge in [-0.15, -0.1) is 0 Å². The second kappa shape index (κ2) is 7.55. The summed E-state index contributed by atoms with van der Waals surface area (Å²) in [4.78, 5) is 38.0. The topological polar surface area (TPSA) is 102 Å². The van der Waals surface area contributed by atoms with Crippen molar-refractivity contribution in [3.05, 3.63) is 64.7 Å². The Morgan fingerprint density at radius 1 is 1.03 bits per heavy atom. The van der Waals surface area contributed by atoms with Gasteiger partial charge in [0.25, 0.3) is 11.7 Å². The predicted octanol–water partition coefficient (Wildman–Crippen LogP) is 2.30. The summed E-state index contributed by atoms with van der Waals surface area (Å²) in [5.74, 6) is -1.32. The lowest BCUT2D eigenvalue weighted by Crippen LogP contribution is -2.24. The molecule has 2 heterocycles. The standard InChI is InChI=1S/C22H19NO7/c1-23-18(12-3-5-13(6-4-12)22(27)28-2)17(20(25)21(23)26)19(24)14-7-8-15-16(11-14)30-10-9-29-15/h3-8,11,18,24H,9-10H2,1-2H3/b19-17+. The van der Waals surface area contributed by atoms with Crippen LogP contribution in [0, 0.1) is 0 Å². The van der Waals surface area contributed by atoms with Gasteiger partial charge < -0.3 is 24.2 Å². The lowest BCUT2D eigenvalue weighted by atomic mass is 9.94. The van der Waals surface area contributed by atoms with Gasteiger partial charge in [0, 0.05) is 12.6 Å². The number of aliphatic hydroxyl groups is 1. The van der Waals surface area contributed by atoms with Crippen molar-refractivity contribution in [1.29, 1.82) is 0 Å². The number of hydrogen-bond donors (Lipinski definition) is 1. The van der Waals surface area contributed by atoms with Gasteiger partial charge in [0.1, 0.15) is 19.0 Å². The molecule has 1 unspecified atom stereocenters. The molecule has 1 saturated heterocycles. The summed E-state index contributed by atoms with van der Waals surface area (Å²) in [5.41, 5.74) is 1.21. The number of carbonyl (C=O) groups is 3. The van der Waals surface area contributed by atoms with Crippen molar-refractivity contribution in [1.82, 2.24) is 4.90 Å². The molecule has 1 amide bonds. The van der Waals surface area contributed by atoms with Crippen molar-refractivity contribution in [2.75, 3.05) is 27.4 Å². The summed E-state index contributed by atoms with van der Waals surface area (Å²) >= 11 is 0. The maximum Gasteiger partial charge on any atom is 0.337 e. The van der Waals surface area contributed by atoms with Crippen molar-refractivity contribution >= 4 is 23.4 Å². The van der Waals surface area contributed by atoms with E-state index in [0.717, 1.165) is 0 Å². The van der Waals surface area contributed by atoms with Crippen molar-refractivity contribution in [3.8, 4) is 11.5 Å². The number of nitrogens with zero attached hydrogens (tertiary/aromatic N) is 1. The third kappa shape index (κ3) is 3.16. The zero-order chi connectivity index (χ0) is 21.4. The van der Waals surface area contributed by atoms with Crippen molar-refractivity contribution in [3.63, 3.8) is 0 Å². The van der Waals surface area contributed by atoms with Gasteiger partial charge >= 0.3 is 5.97 Å². The molecule has 0 saturated carbocycles. The molecule has 0 radical (unpaired) electrons. The third-order valence-electron chi connectivity index (χ3n) is 5.14. The van der Waals surface area contributed by atoms with Crippen LogP contribution < -0.4 is 9.47 Å². The first-order valence-electron chi connectivity index (χ1n) is 9.25. The smallest absolute Gasteiger partial charge is 0.337 e. The van der Waals surface area contributed by atoms with E-state index in [1.54, 1.807) is 42.5 Å². The molecule has 1 N–H and O–H groups in total.